The van der Waals surface area contributed by atoms with E-state index in [2.05, 4.69) is 36.3 Å². The first-order chi connectivity index (χ1) is 13.0. The quantitative estimate of drug-likeness (QED) is 0.579. The molecule has 0 unspecified atom stereocenters. The van der Waals surface area contributed by atoms with Gasteiger partial charge in [0.25, 0.3) is 0 Å². The fraction of sp³-hybridized carbons (Fsp3) is 0.238. The van der Waals surface area contributed by atoms with Crippen LogP contribution < -0.4 is 10.1 Å². The van der Waals surface area contributed by atoms with Crippen LogP contribution in [0.5, 0.6) is 5.75 Å². The third-order valence-corrected chi connectivity index (χ3v) is 5.18. The Morgan fingerprint density at radius 2 is 1.89 bits per heavy atom. The molecule has 2 N–H and O–H groups in total. The highest BCUT2D eigenvalue weighted by atomic mass is 32.1. The average molecular weight is 382 g/mol. The summed E-state index contributed by atoms with van der Waals surface area (Å²) in [6.45, 7) is 4.28. The molecule has 140 valence electrons. The lowest BCUT2D eigenvalue weighted by Crippen LogP contribution is -1.99. The normalized spacial score (nSPS) is 10.8. The van der Waals surface area contributed by atoms with Crippen molar-refractivity contribution in [2.75, 3.05) is 12.4 Å². The Bertz CT molecular complexity index is 933. The number of carboxylic acids is 1. The van der Waals surface area contributed by atoms with Crippen LogP contribution in [0.15, 0.2) is 48.5 Å². The van der Waals surface area contributed by atoms with Crippen molar-refractivity contribution in [3.05, 3.63) is 59.0 Å². The molecule has 5 nitrogen and oxygen atoms in total. The van der Waals surface area contributed by atoms with Crippen LogP contribution in [0.2, 0.25) is 0 Å². The Morgan fingerprint density at radius 1 is 1.19 bits per heavy atom. The van der Waals surface area contributed by atoms with Crippen LogP contribution in [-0.2, 0) is 11.2 Å². The molecule has 3 aromatic rings. The molecular weight excluding hydrogens is 360 g/mol. The summed E-state index contributed by atoms with van der Waals surface area (Å²) < 4.78 is 5.36. The van der Waals surface area contributed by atoms with Gasteiger partial charge in [-0.25, -0.2) is 4.98 Å². The number of aliphatic carboxylic acids is 1. The molecule has 1 heterocycles. The van der Waals surface area contributed by atoms with Crippen molar-refractivity contribution >= 4 is 28.1 Å². The van der Waals surface area contributed by atoms with Crippen LogP contribution in [0.4, 0.5) is 10.8 Å². The van der Waals surface area contributed by atoms with Gasteiger partial charge in [0.1, 0.15) is 5.75 Å². The van der Waals surface area contributed by atoms with Crippen LogP contribution in [0.3, 0.4) is 0 Å². The highest BCUT2D eigenvalue weighted by Crippen LogP contribution is 2.35. The number of rotatable bonds is 7. The monoisotopic (exact) mass is 382 g/mol. The first-order valence-corrected chi connectivity index (χ1v) is 9.51. The highest BCUT2D eigenvalue weighted by Gasteiger charge is 2.17. The van der Waals surface area contributed by atoms with E-state index in [-0.39, 0.29) is 6.42 Å². The second kappa shape index (κ2) is 8.22. The van der Waals surface area contributed by atoms with Gasteiger partial charge in [-0.3, -0.25) is 4.79 Å². The summed E-state index contributed by atoms with van der Waals surface area (Å²) in [7, 11) is 1.61. The Morgan fingerprint density at radius 3 is 2.52 bits per heavy atom. The number of para-hydroxylation sites is 2. The van der Waals surface area contributed by atoms with Gasteiger partial charge in [-0.2, -0.15) is 0 Å². The second-order valence-corrected chi connectivity index (χ2v) is 7.55. The molecule has 0 radical (unpaired) electrons. The smallest absolute Gasteiger partial charge is 0.308 e. The first kappa shape index (κ1) is 18.9. The summed E-state index contributed by atoms with van der Waals surface area (Å²) in [6.07, 6.45) is -0.0630. The van der Waals surface area contributed by atoms with Crippen LogP contribution in [-0.4, -0.2) is 23.2 Å². The molecule has 0 spiro atoms. The van der Waals surface area contributed by atoms with Crippen molar-refractivity contribution in [1.29, 1.82) is 0 Å². The molecule has 27 heavy (non-hydrogen) atoms. The number of thiazole rings is 1. The lowest BCUT2D eigenvalue weighted by atomic mass is 10.0. The van der Waals surface area contributed by atoms with Gasteiger partial charge in [-0.15, -0.1) is 11.3 Å². The first-order valence-electron chi connectivity index (χ1n) is 8.69. The van der Waals surface area contributed by atoms with Gasteiger partial charge in [-0.05, 0) is 23.6 Å². The van der Waals surface area contributed by atoms with Crippen molar-refractivity contribution < 1.29 is 14.6 Å². The number of carboxylic acid groups (broad SMARTS) is 1. The summed E-state index contributed by atoms with van der Waals surface area (Å²) in [5.41, 5.74) is 3.65. The largest absolute Gasteiger partial charge is 0.495 e. The number of benzene rings is 2. The molecule has 0 saturated carbocycles. The van der Waals surface area contributed by atoms with Gasteiger partial charge in [0.2, 0.25) is 0 Å². The van der Waals surface area contributed by atoms with E-state index in [4.69, 9.17) is 4.74 Å². The van der Waals surface area contributed by atoms with Crippen molar-refractivity contribution in [2.24, 2.45) is 0 Å². The summed E-state index contributed by atoms with van der Waals surface area (Å²) in [5, 5.41) is 13.2. The molecule has 0 amide bonds. The molecule has 0 bridgehead atoms. The minimum atomic E-state index is -0.873. The van der Waals surface area contributed by atoms with E-state index in [0.717, 1.165) is 16.1 Å². The van der Waals surface area contributed by atoms with Crippen molar-refractivity contribution in [1.82, 2.24) is 4.98 Å². The Balaban J connectivity index is 1.96. The van der Waals surface area contributed by atoms with Gasteiger partial charge in [0.05, 0.1) is 24.9 Å². The Hall–Kier alpha value is -2.86. The molecule has 6 heteroatoms. The second-order valence-electron chi connectivity index (χ2n) is 6.46. The number of methoxy groups -OCH3 is 1. The van der Waals surface area contributed by atoms with Gasteiger partial charge in [-0.1, -0.05) is 50.2 Å². The molecule has 0 saturated heterocycles. The number of nitrogens with one attached hydrogen (secondary N) is 1. The van der Waals surface area contributed by atoms with Crippen LogP contribution in [0.25, 0.3) is 11.3 Å². The number of nitrogens with zero attached hydrogens (tertiary/aromatic N) is 1. The number of aromatic nitrogens is 1. The summed E-state index contributed by atoms with van der Waals surface area (Å²) in [4.78, 5) is 16.7. The summed E-state index contributed by atoms with van der Waals surface area (Å²) >= 11 is 1.35. The fourth-order valence-corrected chi connectivity index (χ4v) is 3.76. The predicted molar refractivity (Wildman–Crippen MR) is 109 cm³/mol. The third-order valence-electron chi connectivity index (χ3n) is 4.21. The van der Waals surface area contributed by atoms with Gasteiger partial charge < -0.3 is 15.2 Å². The van der Waals surface area contributed by atoms with Gasteiger partial charge in [0, 0.05) is 10.4 Å². The lowest BCUT2D eigenvalue weighted by molar-refractivity contribution is -0.136. The highest BCUT2D eigenvalue weighted by molar-refractivity contribution is 7.16. The third kappa shape index (κ3) is 4.46. The van der Waals surface area contributed by atoms with Crippen LogP contribution >= 0.6 is 11.3 Å². The summed E-state index contributed by atoms with van der Waals surface area (Å²) in [5.74, 6) is 0.272. The fourth-order valence-electron chi connectivity index (χ4n) is 2.78. The number of hydrogen-bond donors (Lipinski definition) is 2. The molecule has 3 rings (SSSR count). The van der Waals surface area contributed by atoms with Crippen molar-refractivity contribution in [3.63, 3.8) is 0 Å². The maximum Gasteiger partial charge on any atom is 0.308 e. The average Bonchev–Trinajstić information content (AvgIpc) is 3.03. The number of carbonyl (C=O) groups is 1. The van der Waals surface area contributed by atoms with E-state index in [1.165, 1.54) is 16.9 Å². The van der Waals surface area contributed by atoms with Crippen molar-refractivity contribution in [2.45, 2.75) is 26.2 Å². The van der Waals surface area contributed by atoms with E-state index in [1.807, 2.05) is 36.4 Å². The molecule has 0 atom stereocenters. The predicted octanol–water partition coefficient (Wildman–Crippen LogP) is 5.31. The molecule has 2 aromatic carbocycles. The lowest BCUT2D eigenvalue weighted by Gasteiger charge is -2.08. The van der Waals surface area contributed by atoms with Crippen LogP contribution in [0.1, 0.15) is 30.2 Å². The maximum absolute atomic E-state index is 11.3. The number of hydrogen-bond acceptors (Lipinski definition) is 5. The van der Waals surface area contributed by atoms with Gasteiger partial charge in [0.15, 0.2) is 5.13 Å². The minimum Gasteiger partial charge on any atom is -0.495 e. The SMILES string of the molecule is COc1ccccc1Nc1nc(-c2ccc(C(C)C)cc2)c(CC(=O)O)s1. The number of ether oxygens (including phenoxy) is 1. The Kier molecular flexibility index (Phi) is 5.76. The van der Waals surface area contributed by atoms with Crippen molar-refractivity contribution in [3.8, 4) is 17.0 Å². The molecule has 0 fully saturated rings. The van der Waals surface area contributed by atoms with E-state index >= 15 is 0 Å². The molecule has 0 aliphatic rings. The van der Waals surface area contributed by atoms with E-state index < -0.39 is 5.97 Å². The zero-order valence-electron chi connectivity index (χ0n) is 15.5. The minimum absolute atomic E-state index is 0.0630. The molecular formula is C21H22N2O3S. The zero-order chi connectivity index (χ0) is 19.4. The van der Waals surface area contributed by atoms with E-state index in [0.29, 0.717) is 22.5 Å². The Labute approximate surface area is 162 Å². The molecule has 0 aliphatic heterocycles. The maximum atomic E-state index is 11.3. The topological polar surface area (TPSA) is 71.5 Å². The summed E-state index contributed by atoms with van der Waals surface area (Å²) in [6, 6.07) is 15.7. The molecule has 0 aliphatic carbocycles. The standard InChI is InChI=1S/C21H22N2O3S/c1-13(2)14-8-10-15(11-9-14)20-18(12-19(24)25)27-21(23-20)22-16-6-4-5-7-17(16)26-3/h4-11,13H,12H2,1-3H3,(H,22,23)(H,24,25). The zero-order valence-corrected chi connectivity index (χ0v) is 16.3. The molecule has 1 aromatic heterocycles. The number of anilines is 2. The van der Waals surface area contributed by atoms with Crippen LogP contribution in [0, 0.1) is 0 Å². The van der Waals surface area contributed by atoms with Gasteiger partial charge >= 0.3 is 5.97 Å². The van der Waals surface area contributed by atoms with E-state index in [1.54, 1.807) is 7.11 Å². The van der Waals surface area contributed by atoms with E-state index in [9.17, 15) is 9.90 Å².